The average Bonchev–Trinajstić information content (AvgIpc) is 3.38. The lowest BCUT2D eigenvalue weighted by Gasteiger charge is -2.22. The maximum atomic E-state index is 11.9. The first-order valence-electron chi connectivity index (χ1n) is 9.32. The number of hydrogen-bond acceptors (Lipinski definition) is 6. The fourth-order valence-electron chi connectivity index (χ4n) is 4.05. The molecule has 4 N–H and O–H groups in total. The predicted octanol–water partition coefficient (Wildman–Crippen LogP) is 1.81. The lowest BCUT2D eigenvalue weighted by atomic mass is 9.77. The first kappa shape index (κ1) is 16.6. The van der Waals surface area contributed by atoms with Crippen molar-refractivity contribution in [2.24, 2.45) is 5.73 Å². The van der Waals surface area contributed by atoms with E-state index >= 15 is 0 Å². The molecular weight excluding hydrogens is 347 g/mol. The number of carbonyl (C=O) groups is 1. The lowest BCUT2D eigenvalue weighted by Crippen LogP contribution is -2.26. The number of carbonyl (C=O) groups excluding carboxylic acids is 1. The molecule has 3 heterocycles. The Labute approximate surface area is 156 Å². The zero-order valence-corrected chi connectivity index (χ0v) is 14.8. The summed E-state index contributed by atoms with van der Waals surface area (Å²) in [4.78, 5) is 11.9. The number of ether oxygens (including phenoxy) is 1. The van der Waals surface area contributed by atoms with Crippen LogP contribution in [0.3, 0.4) is 0 Å². The number of amides is 1. The van der Waals surface area contributed by atoms with E-state index in [4.69, 9.17) is 15.1 Å². The SMILES string of the molecule is NC(=O)c1cn([C@@H]2CCCOC2)nc1Nc1ccc2c(c1)C1CC1B(O)O2. The highest BCUT2D eigenvalue weighted by Gasteiger charge is 2.53. The minimum Gasteiger partial charge on any atom is -0.536 e. The molecule has 140 valence electrons. The zero-order valence-electron chi connectivity index (χ0n) is 14.8. The molecule has 1 aromatic heterocycles. The Morgan fingerprint density at radius 2 is 2.33 bits per heavy atom. The van der Waals surface area contributed by atoms with Gasteiger partial charge in [-0.2, -0.15) is 5.10 Å². The number of fused-ring (bicyclic) bond motifs is 3. The second-order valence-electron chi connectivity index (χ2n) is 7.50. The first-order valence-corrected chi connectivity index (χ1v) is 9.32. The van der Waals surface area contributed by atoms with E-state index in [2.05, 4.69) is 10.4 Å². The number of nitrogens with two attached hydrogens (primary N) is 1. The summed E-state index contributed by atoms with van der Waals surface area (Å²) in [5.41, 5.74) is 7.80. The van der Waals surface area contributed by atoms with E-state index in [0.717, 1.165) is 37.1 Å². The minimum absolute atomic E-state index is 0.109. The van der Waals surface area contributed by atoms with Gasteiger partial charge in [0.25, 0.3) is 5.91 Å². The number of nitrogens with zero attached hydrogens (tertiary/aromatic N) is 2. The summed E-state index contributed by atoms with van der Waals surface area (Å²) in [6.07, 6.45) is 4.55. The molecule has 2 fully saturated rings. The molecule has 1 amide bonds. The van der Waals surface area contributed by atoms with Gasteiger partial charge in [0.1, 0.15) is 11.3 Å². The molecule has 5 rings (SSSR count). The maximum Gasteiger partial charge on any atom is 0.526 e. The number of benzene rings is 1. The molecule has 0 spiro atoms. The monoisotopic (exact) mass is 368 g/mol. The second-order valence-corrected chi connectivity index (χ2v) is 7.50. The molecule has 2 aromatic rings. The average molecular weight is 368 g/mol. The molecule has 3 aliphatic rings. The topological polar surface area (TPSA) is 112 Å². The molecule has 1 saturated carbocycles. The van der Waals surface area contributed by atoms with E-state index in [9.17, 15) is 9.82 Å². The summed E-state index contributed by atoms with van der Waals surface area (Å²) < 4.78 is 12.9. The van der Waals surface area contributed by atoms with Crippen LogP contribution in [0.1, 0.15) is 47.1 Å². The summed E-state index contributed by atoms with van der Waals surface area (Å²) in [7, 11) is -0.712. The molecule has 1 saturated heterocycles. The highest BCUT2D eigenvalue weighted by Crippen LogP contribution is 2.59. The molecule has 2 unspecified atom stereocenters. The van der Waals surface area contributed by atoms with Gasteiger partial charge < -0.3 is 25.5 Å². The summed E-state index contributed by atoms with van der Waals surface area (Å²) in [6, 6.07) is 5.80. The van der Waals surface area contributed by atoms with E-state index in [1.807, 2.05) is 18.2 Å². The number of aromatic nitrogens is 2. The Morgan fingerprint density at radius 3 is 3.11 bits per heavy atom. The van der Waals surface area contributed by atoms with E-state index in [-0.39, 0.29) is 11.9 Å². The van der Waals surface area contributed by atoms with Crippen LogP contribution in [-0.2, 0) is 4.74 Å². The van der Waals surface area contributed by atoms with E-state index in [1.165, 1.54) is 0 Å². The lowest BCUT2D eigenvalue weighted by molar-refractivity contribution is 0.0550. The van der Waals surface area contributed by atoms with Crippen LogP contribution in [0.2, 0.25) is 5.82 Å². The molecule has 9 heteroatoms. The van der Waals surface area contributed by atoms with Gasteiger partial charge in [-0.1, -0.05) is 0 Å². The van der Waals surface area contributed by atoms with Crippen molar-refractivity contribution in [3.8, 4) is 5.75 Å². The van der Waals surface area contributed by atoms with Gasteiger partial charge in [0.2, 0.25) is 0 Å². The zero-order chi connectivity index (χ0) is 18.5. The van der Waals surface area contributed by atoms with Crippen LogP contribution >= 0.6 is 0 Å². The Balaban J connectivity index is 1.42. The molecule has 0 bridgehead atoms. The quantitative estimate of drug-likeness (QED) is 0.710. The molecule has 1 aromatic carbocycles. The molecule has 0 radical (unpaired) electrons. The van der Waals surface area contributed by atoms with Crippen molar-refractivity contribution in [2.45, 2.75) is 37.0 Å². The molecule has 2 aliphatic heterocycles. The first-order chi connectivity index (χ1) is 13.1. The fourth-order valence-corrected chi connectivity index (χ4v) is 4.05. The van der Waals surface area contributed by atoms with Crippen LogP contribution in [0.4, 0.5) is 11.5 Å². The van der Waals surface area contributed by atoms with Gasteiger partial charge in [-0.05, 0) is 48.9 Å². The molecule has 1 aliphatic carbocycles. The van der Waals surface area contributed by atoms with Crippen molar-refractivity contribution < 1.29 is 19.2 Å². The van der Waals surface area contributed by atoms with Crippen LogP contribution in [0.5, 0.6) is 5.75 Å². The van der Waals surface area contributed by atoms with Gasteiger partial charge in [0.05, 0.1) is 12.6 Å². The maximum absolute atomic E-state index is 11.9. The van der Waals surface area contributed by atoms with Crippen LogP contribution in [0.15, 0.2) is 24.4 Å². The Kier molecular flexibility index (Phi) is 3.87. The number of primary amides is 1. The van der Waals surface area contributed by atoms with E-state index < -0.39 is 13.0 Å². The second kappa shape index (κ2) is 6.28. The summed E-state index contributed by atoms with van der Waals surface area (Å²) in [5, 5.41) is 17.7. The highest BCUT2D eigenvalue weighted by atomic mass is 16.5. The number of anilines is 2. The van der Waals surface area contributed by atoms with Gasteiger partial charge in [0.15, 0.2) is 5.82 Å². The van der Waals surface area contributed by atoms with Gasteiger partial charge in [0, 0.05) is 24.3 Å². The normalized spacial score (nSPS) is 26.0. The van der Waals surface area contributed by atoms with Crippen LogP contribution in [-0.4, -0.2) is 41.0 Å². The van der Waals surface area contributed by atoms with Crippen molar-refractivity contribution in [1.29, 1.82) is 0 Å². The molecular formula is C18H21BN4O4. The van der Waals surface area contributed by atoms with Crippen LogP contribution in [0, 0.1) is 0 Å². The van der Waals surface area contributed by atoms with Gasteiger partial charge in [-0.3, -0.25) is 9.48 Å². The highest BCUT2D eigenvalue weighted by molar-refractivity contribution is 6.48. The molecule has 3 atom stereocenters. The third kappa shape index (κ3) is 2.96. The molecule has 27 heavy (non-hydrogen) atoms. The predicted molar refractivity (Wildman–Crippen MR) is 99.3 cm³/mol. The largest absolute Gasteiger partial charge is 0.536 e. The smallest absolute Gasteiger partial charge is 0.526 e. The van der Waals surface area contributed by atoms with Gasteiger partial charge in [-0.25, -0.2) is 0 Å². The standard InChI is InChI=1S/C18H21BN4O4/c20-17(24)14-8-23(11-2-1-5-26-9-11)22-18(14)21-10-3-4-16-13(6-10)12-7-15(12)19(25)27-16/h3-4,6,8,11-12,15,25H,1-2,5,7,9H2,(H2,20,24)(H,21,22)/t11-,12?,15?/m1/s1. The van der Waals surface area contributed by atoms with Crippen molar-refractivity contribution >= 4 is 24.5 Å². The van der Waals surface area contributed by atoms with Crippen molar-refractivity contribution in [1.82, 2.24) is 9.78 Å². The number of nitrogens with one attached hydrogen (secondary N) is 1. The van der Waals surface area contributed by atoms with E-state index in [1.54, 1.807) is 10.9 Å². The number of hydrogen-bond donors (Lipinski definition) is 3. The van der Waals surface area contributed by atoms with Crippen LogP contribution < -0.4 is 15.7 Å². The minimum atomic E-state index is -0.712. The van der Waals surface area contributed by atoms with E-state index in [0.29, 0.717) is 29.7 Å². The third-order valence-corrected chi connectivity index (χ3v) is 5.63. The van der Waals surface area contributed by atoms with Gasteiger partial charge in [-0.15, -0.1) is 0 Å². The van der Waals surface area contributed by atoms with Crippen molar-refractivity contribution in [3.05, 3.63) is 35.5 Å². The van der Waals surface area contributed by atoms with Crippen molar-refractivity contribution in [2.75, 3.05) is 18.5 Å². The Bertz CT molecular complexity index is 895. The Hall–Kier alpha value is -2.52. The Morgan fingerprint density at radius 1 is 1.44 bits per heavy atom. The molecule has 8 nitrogen and oxygen atoms in total. The summed E-state index contributed by atoms with van der Waals surface area (Å²) >= 11 is 0. The number of rotatable bonds is 4. The summed E-state index contributed by atoms with van der Waals surface area (Å²) in [5.74, 6) is 1.15. The fraction of sp³-hybridized carbons (Fsp3) is 0.444. The summed E-state index contributed by atoms with van der Waals surface area (Å²) in [6.45, 7) is 1.35. The van der Waals surface area contributed by atoms with Gasteiger partial charge >= 0.3 is 7.12 Å². The van der Waals surface area contributed by atoms with Crippen molar-refractivity contribution in [3.63, 3.8) is 0 Å². The third-order valence-electron chi connectivity index (χ3n) is 5.63. The van der Waals surface area contributed by atoms with Crippen LogP contribution in [0.25, 0.3) is 0 Å².